The molecule has 2 unspecified atom stereocenters. The first-order chi connectivity index (χ1) is 21.7. The molecule has 18 nitrogen and oxygen atoms in total. The summed E-state index contributed by atoms with van der Waals surface area (Å²) < 4.78 is 0. The van der Waals surface area contributed by atoms with E-state index < -0.39 is 53.2 Å². The molecular weight excluding hydrogens is 612 g/mol. The summed E-state index contributed by atoms with van der Waals surface area (Å²) in [5.41, 5.74) is 0.260. The van der Waals surface area contributed by atoms with Gasteiger partial charge in [0, 0.05) is 89.9 Å². The summed E-state index contributed by atoms with van der Waals surface area (Å²) in [6.07, 6.45) is -1.72. The van der Waals surface area contributed by atoms with E-state index >= 15 is 0 Å². The Labute approximate surface area is 264 Å². The van der Waals surface area contributed by atoms with E-state index in [1.54, 1.807) is 14.7 Å². The van der Waals surface area contributed by atoms with Crippen molar-refractivity contribution in [1.82, 2.24) is 24.9 Å². The van der Waals surface area contributed by atoms with Gasteiger partial charge in [-0.1, -0.05) is 12.1 Å². The first-order valence-corrected chi connectivity index (χ1v) is 14.7. The van der Waals surface area contributed by atoms with Crippen molar-refractivity contribution < 1.29 is 54.4 Å². The molecule has 1 aromatic rings. The smallest absolute Gasteiger partial charge is 0.317 e. The van der Waals surface area contributed by atoms with Crippen molar-refractivity contribution in [3.05, 3.63) is 39.9 Å². The average molecular weight is 655 g/mol. The Bertz CT molecular complexity index is 1170. The maximum Gasteiger partial charge on any atom is 0.317 e. The molecular formula is C28H42N6O12. The van der Waals surface area contributed by atoms with E-state index in [2.05, 4.69) is 5.32 Å². The van der Waals surface area contributed by atoms with Crippen LogP contribution in [0.25, 0.3) is 0 Å². The third kappa shape index (κ3) is 15.2. The van der Waals surface area contributed by atoms with Crippen LogP contribution in [0.15, 0.2) is 24.3 Å². The Morgan fingerprint density at radius 1 is 0.696 bits per heavy atom. The lowest BCUT2D eigenvalue weighted by atomic mass is 9.92. The quantitative estimate of drug-likeness (QED) is 0.0875. The van der Waals surface area contributed by atoms with Gasteiger partial charge < -0.3 is 30.8 Å². The predicted octanol–water partition coefficient (Wildman–Crippen LogP) is -1.50. The molecule has 256 valence electrons. The van der Waals surface area contributed by atoms with Crippen LogP contribution in [0.4, 0.5) is 5.69 Å². The van der Waals surface area contributed by atoms with Crippen molar-refractivity contribution in [1.29, 1.82) is 0 Å². The van der Waals surface area contributed by atoms with Gasteiger partial charge >= 0.3 is 23.9 Å². The highest BCUT2D eigenvalue weighted by Gasteiger charge is 2.23. The lowest BCUT2D eigenvalue weighted by Crippen LogP contribution is -2.50. The summed E-state index contributed by atoms with van der Waals surface area (Å²) in [5.74, 6) is -5.64. The van der Waals surface area contributed by atoms with E-state index in [-0.39, 0.29) is 84.1 Å². The van der Waals surface area contributed by atoms with E-state index in [0.717, 1.165) is 0 Å². The first kappa shape index (κ1) is 38.0. The molecule has 0 aromatic heterocycles. The fraction of sp³-hybridized carbons (Fsp3) is 0.607. The molecule has 1 heterocycles. The van der Waals surface area contributed by atoms with Crippen LogP contribution < -0.4 is 5.32 Å². The number of non-ortho nitro benzene ring substituents is 1. The Morgan fingerprint density at radius 2 is 1.11 bits per heavy atom. The zero-order valence-corrected chi connectivity index (χ0v) is 25.4. The van der Waals surface area contributed by atoms with Gasteiger partial charge in [-0.05, 0) is 5.56 Å². The number of hydrogen-bond donors (Lipinski definition) is 6. The summed E-state index contributed by atoms with van der Waals surface area (Å²) in [5, 5.41) is 61.6. The van der Waals surface area contributed by atoms with Crippen LogP contribution in [0, 0.1) is 10.1 Å². The number of aliphatic carboxylic acids is 4. The molecule has 1 aliphatic heterocycles. The van der Waals surface area contributed by atoms with Gasteiger partial charge in [0.15, 0.2) is 0 Å². The number of β-amino-alcohol motifs (C(OH)–C–C–N with tert-alkyl or cyclic N) is 1. The first-order valence-electron chi connectivity index (χ1n) is 14.7. The number of rotatable bonds is 16. The molecule has 1 aromatic carbocycles. The number of carbonyl (C=O) groups is 5. The number of benzene rings is 1. The molecule has 6 N–H and O–H groups in total. The predicted molar refractivity (Wildman–Crippen MR) is 160 cm³/mol. The zero-order valence-electron chi connectivity index (χ0n) is 25.4. The minimum absolute atomic E-state index is 0.0498. The van der Waals surface area contributed by atoms with Gasteiger partial charge in [0.1, 0.15) is 0 Å². The van der Waals surface area contributed by atoms with Crippen LogP contribution >= 0.6 is 0 Å². The Kier molecular flexibility index (Phi) is 15.9. The molecule has 1 fully saturated rings. The van der Waals surface area contributed by atoms with E-state index in [4.69, 9.17) is 0 Å². The summed E-state index contributed by atoms with van der Waals surface area (Å²) in [7, 11) is 0. The van der Waals surface area contributed by atoms with E-state index in [1.807, 2.05) is 4.90 Å². The molecule has 18 heteroatoms. The van der Waals surface area contributed by atoms with Gasteiger partial charge in [0.25, 0.3) is 5.69 Å². The molecule has 46 heavy (non-hydrogen) atoms. The Balaban J connectivity index is 2.05. The van der Waals surface area contributed by atoms with E-state index in [1.165, 1.54) is 24.3 Å². The maximum atomic E-state index is 12.7. The normalized spacial score (nSPS) is 17.6. The van der Waals surface area contributed by atoms with Crippen LogP contribution in [0.1, 0.15) is 24.3 Å². The van der Waals surface area contributed by atoms with Crippen molar-refractivity contribution in [2.75, 3.05) is 85.1 Å². The molecule has 1 aliphatic rings. The minimum Gasteiger partial charge on any atom is -0.481 e. The number of nitrogens with one attached hydrogen (secondary N) is 1. The highest BCUT2D eigenvalue weighted by atomic mass is 16.6. The van der Waals surface area contributed by atoms with Gasteiger partial charge in [-0.2, -0.15) is 0 Å². The van der Waals surface area contributed by atoms with Gasteiger partial charge in [-0.3, -0.25) is 53.7 Å². The molecule has 0 radical (unpaired) electrons. The number of carboxylic acid groups (broad SMARTS) is 4. The number of hydrogen-bond acceptors (Lipinski definition) is 12. The van der Waals surface area contributed by atoms with Crippen molar-refractivity contribution in [2.24, 2.45) is 0 Å². The molecule has 1 amide bonds. The molecule has 0 aliphatic carbocycles. The molecule has 0 spiro atoms. The number of carbonyl (C=O) groups excluding carboxylic acids is 1. The van der Waals surface area contributed by atoms with Crippen LogP contribution in [0.2, 0.25) is 0 Å². The average Bonchev–Trinajstić information content (AvgIpc) is 2.96. The van der Waals surface area contributed by atoms with Crippen molar-refractivity contribution in [2.45, 2.75) is 24.9 Å². The largest absolute Gasteiger partial charge is 0.481 e. The summed E-state index contributed by atoms with van der Waals surface area (Å²) in [6, 6.07) is 5.25. The van der Waals surface area contributed by atoms with Crippen molar-refractivity contribution in [3.63, 3.8) is 0 Å². The van der Waals surface area contributed by atoms with Gasteiger partial charge in [-0.15, -0.1) is 0 Å². The Hall–Kier alpha value is -4.23. The molecule has 2 atom stereocenters. The monoisotopic (exact) mass is 654 g/mol. The summed E-state index contributed by atoms with van der Waals surface area (Å²) >= 11 is 0. The second kappa shape index (κ2) is 19.3. The van der Waals surface area contributed by atoms with Crippen LogP contribution in [-0.4, -0.2) is 171 Å². The number of nitrogens with zero attached hydrogens (tertiary/aromatic N) is 5. The van der Waals surface area contributed by atoms with E-state index in [9.17, 15) is 59.6 Å². The molecule has 2 rings (SSSR count). The lowest BCUT2D eigenvalue weighted by Gasteiger charge is -2.33. The number of nitro groups is 1. The van der Waals surface area contributed by atoms with Crippen molar-refractivity contribution in [3.8, 4) is 0 Å². The number of nitro benzene ring substituents is 1. The highest BCUT2D eigenvalue weighted by Crippen LogP contribution is 2.25. The second-order valence-electron chi connectivity index (χ2n) is 11.1. The lowest BCUT2D eigenvalue weighted by molar-refractivity contribution is -0.384. The third-order valence-corrected chi connectivity index (χ3v) is 7.44. The molecule has 0 saturated carbocycles. The Morgan fingerprint density at radius 3 is 1.48 bits per heavy atom. The number of carboxylic acids is 4. The second-order valence-corrected chi connectivity index (χ2v) is 11.1. The standard InChI is InChI=1S/C28H42N6O12/c35-23(15-29-24(36)13-21(14-25(37)38)20-1-3-22(4-2-20)34(45)46)16-30-5-7-31(17-26(39)40)9-11-33(19-28(43)44)12-10-32(8-6-30)18-27(41)42/h1-4,21,23,35H,5-19H2,(H,29,36)(H,37,38)(H,39,40)(H,41,42)(H,43,44). The maximum absolute atomic E-state index is 12.7. The zero-order chi connectivity index (χ0) is 34.2. The summed E-state index contributed by atoms with van der Waals surface area (Å²) in [6.45, 7) is 1.11. The highest BCUT2D eigenvalue weighted by molar-refractivity contribution is 5.78. The fourth-order valence-corrected chi connectivity index (χ4v) is 5.09. The third-order valence-electron chi connectivity index (χ3n) is 7.44. The van der Waals surface area contributed by atoms with Crippen LogP contribution in [0.3, 0.4) is 0 Å². The van der Waals surface area contributed by atoms with Crippen LogP contribution in [0.5, 0.6) is 0 Å². The van der Waals surface area contributed by atoms with Crippen molar-refractivity contribution >= 4 is 35.5 Å². The van der Waals surface area contributed by atoms with E-state index in [0.29, 0.717) is 18.7 Å². The fourth-order valence-electron chi connectivity index (χ4n) is 5.09. The van der Waals surface area contributed by atoms with Gasteiger partial charge in [0.05, 0.1) is 37.1 Å². The summed E-state index contributed by atoms with van der Waals surface area (Å²) in [4.78, 5) is 75.5. The molecule has 1 saturated heterocycles. The number of amides is 1. The number of aliphatic hydroxyl groups is 1. The minimum atomic E-state index is -1.16. The van der Waals surface area contributed by atoms with Gasteiger partial charge in [-0.25, -0.2) is 0 Å². The molecule has 0 bridgehead atoms. The van der Waals surface area contributed by atoms with Gasteiger partial charge in [0.2, 0.25) is 5.91 Å². The topological polar surface area (TPSA) is 255 Å². The number of aliphatic hydroxyl groups excluding tert-OH is 1. The van der Waals surface area contributed by atoms with Crippen LogP contribution in [-0.2, 0) is 24.0 Å². The SMILES string of the molecule is O=C(O)CC(CC(=O)NCC(O)CN1CCN(CC(=O)O)CCN(CC(=O)O)CCN(CC(=O)O)CC1)c1ccc([N+](=O)[O-])cc1.